The molecule has 0 saturated heterocycles. The third-order valence-corrected chi connectivity index (χ3v) is 3.35. The average molecular weight is 244 g/mol. The fourth-order valence-electron chi connectivity index (χ4n) is 1.39. The van der Waals surface area contributed by atoms with E-state index >= 15 is 0 Å². The number of carbonyl (C=O) groups excluding carboxylic acids is 1. The Morgan fingerprint density at radius 2 is 2.18 bits per heavy atom. The van der Waals surface area contributed by atoms with Gasteiger partial charge in [-0.2, -0.15) is 0 Å². The highest BCUT2D eigenvalue weighted by molar-refractivity contribution is 7.99. The molecular weight excluding hydrogens is 232 g/mol. The lowest BCUT2D eigenvalue weighted by Crippen LogP contribution is -1.96. The van der Waals surface area contributed by atoms with Crippen LogP contribution in [0.1, 0.15) is 17.3 Å². The molecule has 1 aromatic heterocycles. The van der Waals surface area contributed by atoms with Gasteiger partial charge in [0.25, 0.3) is 0 Å². The van der Waals surface area contributed by atoms with Gasteiger partial charge in [0.15, 0.2) is 5.78 Å². The third kappa shape index (κ3) is 2.85. The van der Waals surface area contributed by atoms with Gasteiger partial charge < -0.3 is 5.73 Å². The molecule has 17 heavy (non-hydrogen) atoms. The zero-order valence-electron chi connectivity index (χ0n) is 9.38. The fourth-order valence-corrected chi connectivity index (χ4v) is 2.22. The van der Waals surface area contributed by atoms with Gasteiger partial charge in [0.2, 0.25) is 0 Å². The molecule has 4 heteroatoms. The first-order chi connectivity index (χ1) is 8.16. The van der Waals surface area contributed by atoms with Crippen LogP contribution in [0.5, 0.6) is 0 Å². The van der Waals surface area contributed by atoms with Gasteiger partial charge in [-0.15, -0.1) is 0 Å². The molecule has 0 spiro atoms. The standard InChI is InChI=1S/C13H12N2OS/c1-9(16)10-4-5-13(12(14)7-10)17-11-3-2-6-15-8-11/h2-8H,14H2,1H3. The normalized spacial score (nSPS) is 10.2. The minimum Gasteiger partial charge on any atom is -0.398 e. The van der Waals surface area contributed by atoms with Crippen LogP contribution in [-0.4, -0.2) is 10.8 Å². The van der Waals surface area contributed by atoms with Crippen molar-refractivity contribution < 1.29 is 4.79 Å². The number of pyridine rings is 1. The molecule has 0 saturated carbocycles. The Bertz CT molecular complexity index is 540. The van der Waals surface area contributed by atoms with Crippen LogP contribution >= 0.6 is 11.8 Å². The Morgan fingerprint density at radius 3 is 2.76 bits per heavy atom. The molecule has 2 N–H and O–H groups in total. The number of ketones is 1. The molecule has 0 fully saturated rings. The summed E-state index contributed by atoms with van der Waals surface area (Å²) in [5.74, 6) is 0.0228. The number of nitrogens with zero attached hydrogens (tertiary/aromatic N) is 1. The maximum absolute atomic E-state index is 11.2. The second kappa shape index (κ2) is 5.01. The number of nitrogens with two attached hydrogens (primary N) is 1. The Balaban J connectivity index is 2.26. The minimum absolute atomic E-state index is 0.0228. The molecule has 1 heterocycles. The molecule has 0 aliphatic carbocycles. The van der Waals surface area contributed by atoms with Crippen LogP contribution in [0.3, 0.4) is 0 Å². The van der Waals surface area contributed by atoms with Gasteiger partial charge in [0.1, 0.15) is 0 Å². The van der Waals surface area contributed by atoms with E-state index in [2.05, 4.69) is 4.98 Å². The van der Waals surface area contributed by atoms with E-state index in [4.69, 9.17) is 5.73 Å². The van der Waals surface area contributed by atoms with Gasteiger partial charge in [0.05, 0.1) is 0 Å². The first-order valence-corrected chi connectivity index (χ1v) is 5.97. The van der Waals surface area contributed by atoms with Crippen LogP contribution in [-0.2, 0) is 0 Å². The van der Waals surface area contributed by atoms with Gasteiger partial charge in [-0.1, -0.05) is 17.8 Å². The number of benzene rings is 1. The van der Waals surface area contributed by atoms with Crippen LogP contribution in [0.2, 0.25) is 0 Å². The number of nitrogen functional groups attached to an aromatic ring is 1. The SMILES string of the molecule is CC(=O)c1ccc(Sc2cccnc2)c(N)c1. The monoisotopic (exact) mass is 244 g/mol. The zero-order chi connectivity index (χ0) is 12.3. The molecule has 0 amide bonds. The number of carbonyl (C=O) groups is 1. The molecule has 0 atom stereocenters. The highest BCUT2D eigenvalue weighted by Gasteiger charge is 2.05. The van der Waals surface area contributed by atoms with Crippen molar-refractivity contribution in [1.29, 1.82) is 0 Å². The lowest BCUT2D eigenvalue weighted by atomic mass is 10.1. The van der Waals surface area contributed by atoms with E-state index in [0.29, 0.717) is 11.3 Å². The predicted octanol–water partition coefficient (Wildman–Crippen LogP) is 3.02. The van der Waals surface area contributed by atoms with Gasteiger partial charge in [0, 0.05) is 33.4 Å². The summed E-state index contributed by atoms with van der Waals surface area (Å²) in [6.45, 7) is 1.53. The van der Waals surface area contributed by atoms with E-state index in [-0.39, 0.29) is 5.78 Å². The van der Waals surface area contributed by atoms with Gasteiger partial charge in [-0.25, -0.2) is 0 Å². The van der Waals surface area contributed by atoms with E-state index in [1.807, 2.05) is 18.2 Å². The Kier molecular flexibility index (Phi) is 3.44. The molecule has 3 nitrogen and oxygen atoms in total. The van der Waals surface area contributed by atoms with E-state index < -0.39 is 0 Å². The first-order valence-electron chi connectivity index (χ1n) is 5.15. The predicted molar refractivity (Wildman–Crippen MR) is 69.2 cm³/mol. The fraction of sp³-hybridized carbons (Fsp3) is 0.0769. The summed E-state index contributed by atoms with van der Waals surface area (Å²) in [6.07, 6.45) is 3.51. The molecule has 0 aliphatic heterocycles. The Labute approximate surface area is 104 Å². The topological polar surface area (TPSA) is 56.0 Å². The van der Waals surface area contributed by atoms with Gasteiger partial charge >= 0.3 is 0 Å². The smallest absolute Gasteiger partial charge is 0.159 e. The van der Waals surface area contributed by atoms with Gasteiger partial charge in [-0.3, -0.25) is 9.78 Å². The highest BCUT2D eigenvalue weighted by Crippen LogP contribution is 2.31. The second-order valence-electron chi connectivity index (χ2n) is 3.60. The summed E-state index contributed by atoms with van der Waals surface area (Å²) in [7, 11) is 0. The van der Waals surface area contributed by atoms with Crippen LogP contribution in [0.4, 0.5) is 5.69 Å². The van der Waals surface area contributed by atoms with Crippen molar-refractivity contribution in [2.24, 2.45) is 0 Å². The molecule has 0 aliphatic rings. The van der Waals surface area contributed by atoms with Crippen molar-refractivity contribution in [3.63, 3.8) is 0 Å². The molecule has 2 rings (SSSR count). The molecule has 86 valence electrons. The lowest BCUT2D eigenvalue weighted by molar-refractivity contribution is 0.101. The van der Waals surface area contributed by atoms with Crippen LogP contribution in [0, 0.1) is 0 Å². The number of anilines is 1. The summed E-state index contributed by atoms with van der Waals surface area (Å²) in [4.78, 5) is 17.2. The van der Waals surface area contributed by atoms with E-state index in [0.717, 1.165) is 9.79 Å². The number of hydrogen-bond donors (Lipinski definition) is 1. The molecular formula is C13H12N2OS. The Morgan fingerprint density at radius 1 is 1.35 bits per heavy atom. The molecule has 0 bridgehead atoms. The van der Waals surface area contributed by atoms with Crippen molar-refractivity contribution in [1.82, 2.24) is 4.98 Å². The summed E-state index contributed by atoms with van der Waals surface area (Å²) in [6, 6.07) is 9.21. The van der Waals surface area contributed by atoms with Crippen LogP contribution in [0.15, 0.2) is 52.5 Å². The Hall–Kier alpha value is -1.81. The number of Topliss-reactive ketones (excluding diaryl/α,β-unsaturated/α-hetero) is 1. The summed E-state index contributed by atoms with van der Waals surface area (Å²) >= 11 is 1.54. The maximum Gasteiger partial charge on any atom is 0.159 e. The van der Waals surface area contributed by atoms with Crippen molar-refractivity contribution >= 4 is 23.2 Å². The summed E-state index contributed by atoms with van der Waals surface area (Å²) < 4.78 is 0. The highest BCUT2D eigenvalue weighted by atomic mass is 32.2. The molecule has 0 unspecified atom stereocenters. The molecule has 2 aromatic rings. The number of hydrogen-bond acceptors (Lipinski definition) is 4. The second-order valence-corrected chi connectivity index (χ2v) is 4.71. The third-order valence-electron chi connectivity index (χ3n) is 2.28. The summed E-state index contributed by atoms with van der Waals surface area (Å²) in [5.41, 5.74) is 7.17. The quantitative estimate of drug-likeness (QED) is 0.666. The zero-order valence-corrected chi connectivity index (χ0v) is 10.2. The number of rotatable bonds is 3. The first kappa shape index (κ1) is 11.7. The van der Waals surface area contributed by atoms with Crippen LogP contribution < -0.4 is 5.73 Å². The molecule has 1 aromatic carbocycles. The summed E-state index contributed by atoms with van der Waals surface area (Å²) in [5, 5.41) is 0. The minimum atomic E-state index is 0.0228. The lowest BCUT2D eigenvalue weighted by Gasteiger charge is -2.06. The van der Waals surface area contributed by atoms with E-state index in [1.54, 1.807) is 24.5 Å². The van der Waals surface area contributed by atoms with Crippen molar-refractivity contribution in [3.05, 3.63) is 48.3 Å². The van der Waals surface area contributed by atoms with E-state index in [1.165, 1.54) is 18.7 Å². The maximum atomic E-state index is 11.2. The average Bonchev–Trinajstić information content (AvgIpc) is 2.33. The molecule has 0 radical (unpaired) electrons. The van der Waals surface area contributed by atoms with Crippen molar-refractivity contribution in [3.8, 4) is 0 Å². The number of aromatic nitrogens is 1. The van der Waals surface area contributed by atoms with Crippen molar-refractivity contribution in [2.75, 3.05) is 5.73 Å². The van der Waals surface area contributed by atoms with Gasteiger partial charge in [-0.05, 0) is 31.2 Å². The largest absolute Gasteiger partial charge is 0.398 e. The van der Waals surface area contributed by atoms with E-state index in [9.17, 15) is 4.79 Å². The van der Waals surface area contributed by atoms with Crippen LogP contribution in [0.25, 0.3) is 0 Å². The van der Waals surface area contributed by atoms with Crippen molar-refractivity contribution in [2.45, 2.75) is 16.7 Å².